The molecule has 1 aromatic heterocycles. The van der Waals surface area contributed by atoms with E-state index in [1.54, 1.807) is 36.2 Å². The van der Waals surface area contributed by atoms with Crippen LogP contribution in [0.5, 0.6) is 5.75 Å². The molecule has 1 aromatic carbocycles. The summed E-state index contributed by atoms with van der Waals surface area (Å²) in [4.78, 5) is 13.7. The van der Waals surface area contributed by atoms with Gasteiger partial charge < -0.3 is 14.2 Å². The van der Waals surface area contributed by atoms with Crippen molar-refractivity contribution in [3.63, 3.8) is 0 Å². The summed E-state index contributed by atoms with van der Waals surface area (Å²) in [5.74, 6) is 2.35. The van der Waals surface area contributed by atoms with Crippen LogP contribution in [0.4, 0.5) is 0 Å². The first-order chi connectivity index (χ1) is 10.6. The Morgan fingerprint density at radius 1 is 1.36 bits per heavy atom. The van der Waals surface area contributed by atoms with Crippen LogP contribution < -0.4 is 4.74 Å². The predicted molar refractivity (Wildman–Crippen MR) is 81.8 cm³/mol. The van der Waals surface area contributed by atoms with E-state index >= 15 is 0 Å². The molecule has 0 saturated heterocycles. The van der Waals surface area contributed by atoms with Gasteiger partial charge in [-0.1, -0.05) is 11.6 Å². The third-order valence-electron chi connectivity index (χ3n) is 3.67. The van der Waals surface area contributed by atoms with Gasteiger partial charge in [-0.25, -0.2) is 0 Å². The first kappa shape index (κ1) is 14.8. The fourth-order valence-electron chi connectivity index (χ4n) is 2.41. The van der Waals surface area contributed by atoms with Crippen LogP contribution in [0.15, 0.2) is 24.3 Å². The van der Waals surface area contributed by atoms with Gasteiger partial charge >= 0.3 is 0 Å². The van der Waals surface area contributed by atoms with Gasteiger partial charge in [-0.15, -0.1) is 10.2 Å². The number of ether oxygens (including phenoxy) is 1. The Morgan fingerprint density at radius 2 is 2.14 bits per heavy atom. The summed E-state index contributed by atoms with van der Waals surface area (Å²) in [5.41, 5.74) is 0. The largest absolute Gasteiger partial charge is 0.484 e. The van der Waals surface area contributed by atoms with Crippen molar-refractivity contribution in [2.75, 3.05) is 13.7 Å². The second-order valence-corrected chi connectivity index (χ2v) is 5.72. The van der Waals surface area contributed by atoms with Crippen molar-refractivity contribution >= 4 is 17.5 Å². The lowest BCUT2D eigenvalue weighted by Crippen LogP contribution is -2.32. The van der Waals surface area contributed by atoms with Crippen LogP contribution in [0.2, 0.25) is 5.02 Å². The standard InChI is InChI=1S/C15H17ClN4O2/c1-19(9-14-18-17-13-3-2-8-20(13)14)15(21)10-22-12-6-4-11(16)5-7-12/h4-7H,2-3,8-10H2,1H3. The van der Waals surface area contributed by atoms with Crippen molar-refractivity contribution in [1.82, 2.24) is 19.7 Å². The van der Waals surface area contributed by atoms with Gasteiger partial charge in [-0.2, -0.15) is 0 Å². The molecule has 0 atom stereocenters. The van der Waals surface area contributed by atoms with Gasteiger partial charge in [0.1, 0.15) is 11.6 Å². The lowest BCUT2D eigenvalue weighted by atomic mass is 10.3. The van der Waals surface area contributed by atoms with E-state index in [1.807, 2.05) is 0 Å². The average molecular weight is 321 g/mol. The van der Waals surface area contributed by atoms with Gasteiger partial charge in [0.15, 0.2) is 12.4 Å². The molecule has 0 N–H and O–H groups in total. The van der Waals surface area contributed by atoms with Gasteiger partial charge in [0.25, 0.3) is 5.91 Å². The molecule has 1 aliphatic heterocycles. The molecule has 0 unspecified atom stereocenters. The number of halogens is 1. The summed E-state index contributed by atoms with van der Waals surface area (Å²) < 4.78 is 7.55. The first-order valence-electron chi connectivity index (χ1n) is 7.17. The maximum absolute atomic E-state index is 12.1. The van der Waals surface area contributed by atoms with Crippen LogP contribution in [0.25, 0.3) is 0 Å². The van der Waals surface area contributed by atoms with Crippen LogP contribution in [0, 0.1) is 0 Å². The maximum atomic E-state index is 12.1. The topological polar surface area (TPSA) is 60.2 Å². The minimum absolute atomic E-state index is 0.0148. The summed E-state index contributed by atoms with van der Waals surface area (Å²) in [7, 11) is 1.74. The molecule has 0 bridgehead atoms. The molecule has 7 heteroatoms. The molecule has 22 heavy (non-hydrogen) atoms. The highest BCUT2D eigenvalue weighted by atomic mass is 35.5. The zero-order chi connectivity index (χ0) is 15.5. The monoisotopic (exact) mass is 320 g/mol. The number of benzene rings is 1. The molecule has 1 amide bonds. The van der Waals surface area contributed by atoms with Crippen molar-refractivity contribution in [3.8, 4) is 5.75 Å². The van der Waals surface area contributed by atoms with E-state index in [4.69, 9.17) is 16.3 Å². The van der Waals surface area contributed by atoms with E-state index in [1.165, 1.54) is 0 Å². The van der Waals surface area contributed by atoms with Gasteiger partial charge in [-0.05, 0) is 30.7 Å². The summed E-state index contributed by atoms with van der Waals surface area (Å²) in [6.07, 6.45) is 2.06. The number of hydrogen-bond donors (Lipinski definition) is 0. The number of amides is 1. The lowest BCUT2D eigenvalue weighted by molar-refractivity contribution is -0.132. The number of nitrogens with zero attached hydrogens (tertiary/aromatic N) is 4. The predicted octanol–water partition coefficient (Wildman–Crippen LogP) is 1.92. The number of likely N-dealkylation sites (N-methyl/N-ethyl adjacent to an activating group) is 1. The summed E-state index contributed by atoms with van der Waals surface area (Å²) in [5, 5.41) is 8.93. The molecule has 3 rings (SSSR count). The van der Waals surface area contributed by atoms with Crippen molar-refractivity contribution in [3.05, 3.63) is 40.9 Å². The Labute approximate surface area is 133 Å². The maximum Gasteiger partial charge on any atom is 0.260 e. The van der Waals surface area contributed by atoms with Crippen molar-refractivity contribution in [2.24, 2.45) is 0 Å². The van der Waals surface area contributed by atoms with E-state index in [2.05, 4.69) is 14.8 Å². The molecule has 2 aromatic rings. The number of carbonyl (C=O) groups excluding carboxylic acids is 1. The summed E-state index contributed by atoms with van der Waals surface area (Å²) >= 11 is 5.80. The molecule has 0 radical (unpaired) electrons. The highest BCUT2D eigenvalue weighted by Gasteiger charge is 2.20. The molecule has 0 spiro atoms. The van der Waals surface area contributed by atoms with E-state index < -0.39 is 0 Å². The minimum Gasteiger partial charge on any atom is -0.484 e. The van der Waals surface area contributed by atoms with E-state index in [-0.39, 0.29) is 12.5 Å². The zero-order valence-corrected chi connectivity index (χ0v) is 13.1. The second-order valence-electron chi connectivity index (χ2n) is 5.28. The number of rotatable bonds is 5. The lowest BCUT2D eigenvalue weighted by Gasteiger charge is -2.17. The Hall–Kier alpha value is -2.08. The van der Waals surface area contributed by atoms with E-state index in [0.717, 1.165) is 31.0 Å². The van der Waals surface area contributed by atoms with E-state index in [0.29, 0.717) is 17.3 Å². The Morgan fingerprint density at radius 3 is 2.91 bits per heavy atom. The fourth-order valence-corrected chi connectivity index (χ4v) is 2.54. The Kier molecular flexibility index (Phi) is 4.29. The second kappa shape index (κ2) is 6.36. The number of aromatic nitrogens is 3. The molecule has 1 aliphatic rings. The SMILES string of the molecule is CN(Cc1nnc2n1CCC2)C(=O)COc1ccc(Cl)cc1. The van der Waals surface area contributed by atoms with E-state index in [9.17, 15) is 4.79 Å². The molecular weight excluding hydrogens is 304 g/mol. The third kappa shape index (κ3) is 3.22. The van der Waals surface area contributed by atoms with Gasteiger partial charge in [-0.3, -0.25) is 4.79 Å². The number of hydrogen-bond acceptors (Lipinski definition) is 4. The average Bonchev–Trinajstić information content (AvgIpc) is 3.11. The number of carbonyl (C=O) groups is 1. The zero-order valence-electron chi connectivity index (χ0n) is 12.3. The van der Waals surface area contributed by atoms with Crippen LogP contribution in [0.3, 0.4) is 0 Å². The quantitative estimate of drug-likeness (QED) is 0.844. The molecule has 116 valence electrons. The summed E-state index contributed by atoms with van der Waals surface area (Å²) in [6.45, 7) is 1.36. The van der Waals surface area contributed by atoms with Crippen LogP contribution in [-0.2, 0) is 24.3 Å². The van der Waals surface area contributed by atoms with Crippen LogP contribution in [-0.4, -0.2) is 39.2 Å². The van der Waals surface area contributed by atoms with Gasteiger partial charge in [0.05, 0.1) is 6.54 Å². The molecule has 0 fully saturated rings. The molecule has 6 nitrogen and oxygen atoms in total. The minimum atomic E-state index is -0.106. The third-order valence-corrected chi connectivity index (χ3v) is 3.92. The first-order valence-corrected chi connectivity index (χ1v) is 7.54. The molecule has 0 aliphatic carbocycles. The highest BCUT2D eigenvalue weighted by molar-refractivity contribution is 6.30. The fraction of sp³-hybridized carbons (Fsp3) is 0.400. The molecule has 2 heterocycles. The van der Waals surface area contributed by atoms with Crippen molar-refractivity contribution in [1.29, 1.82) is 0 Å². The molecule has 0 saturated carbocycles. The van der Waals surface area contributed by atoms with Gasteiger partial charge in [0.2, 0.25) is 0 Å². The number of aryl methyl sites for hydroxylation is 1. The van der Waals surface area contributed by atoms with Crippen molar-refractivity contribution in [2.45, 2.75) is 25.9 Å². The van der Waals surface area contributed by atoms with Crippen LogP contribution in [0.1, 0.15) is 18.1 Å². The Balaban J connectivity index is 1.54. The number of fused-ring (bicyclic) bond motifs is 1. The van der Waals surface area contributed by atoms with Crippen molar-refractivity contribution < 1.29 is 9.53 Å². The summed E-state index contributed by atoms with van der Waals surface area (Å²) in [6, 6.07) is 6.93. The molecular formula is C15H17ClN4O2. The smallest absolute Gasteiger partial charge is 0.260 e. The van der Waals surface area contributed by atoms with Crippen LogP contribution >= 0.6 is 11.6 Å². The normalized spacial score (nSPS) is 13.0. The highest BCUT2D eigenvalue weighted by Crippen LogP contribution is 2.16. The van der Waals surface area contributed by atoms with Gasteiger partial charge in [0, 0.05) is 25.0 Å². The Bertz CT molecular complexity index is 669.